The number of hydrogen-bond donors (Lipinski definition) is 2. The van der Waals surface area contributed by atoms with Crippen LogP contribution in [-0.4, -0.2) is 26.7 Å². The first-order valence-corrected chi connectivity index (χ1v) is 8.71. The van der Waals surface area contributed by atoms with E-state index in [2.05, 4.69) is 4.72 Å². The second-order valence-corrected chi connectivity index (χ2v) is 6.81. The minimum Gasteiger partial charge on any atom is -0.396 e. The smallest absolute Gasteiger partial charge is 0.240 e. The van der Waals surface area contributed by atoms with Crippen LogP contribution in [0.4, 0.5) is 0 Å². The van der Waals surface area contributed by atoms with Gasteiger partial charge in [0.05, 0.1) is 4.90 Å². The number of fused-ring (bicyclic) bond motifs is 1. The molecule has 0 spiro atoms. The molecular formula is C16H21NO3S. The van der Waals surface area contributed by atoms with Gasteiger partial charge >= 0.3 is 0 Å². The van der Waals surface area contributed by atoms with Crippen LogP contribution in [0.3, 0.4) is 0 Å². The minimum absolute atomic E-state index is 0.197. The lowest BCUT2D eigenvalue weighted by Crippen LogP contribution is -2.24. The van der Waals surface area contributed by atoms with Crippen LogP contribution in [0, 0.1) is 0 Å². The van der Waals surface area contributed by atoms with Gasteiger partial charge in [0.2, 0.25) is 10.0 Å². The largest absolute Gasteiger partial charge is 0.396 e. The Balaban J connectivity index is 1.97. The zero-order chi connectivity index (χ0) is 15.1. The summed E-state index contributed by atoms with van der Waals surface area (Å²) in [4.78, 5) is 0.302. The average Bonchev–Trinajstić information content (AvgIpc) is 2.50. The first-order chi connectivity index (χ1) is 10.1. The van der Waals surface area contributed by atoms with Crippen molar-refractivity contribution in [1.29, 1.82) is 0 Å². The number of unbranched alkanes of at least 4 members (excludes halogenated alkanes) is 3. The van der Waals surface area contributed by atoms with Crippen LogP contribution < -0.4 is 4.72 Å². The summed E-state index contributed by atoms with van der Waals surface area (Å²) < 4.78 is 27.1. The van der Waals surface area contributed by atoms with Gasteiger partial charge in [-0.25, -0.2) is 13.1 Å². The van der Waals surface area contributed by atoms with Crippen LogP contribution in [-0.2, 0) is 10.0 Å². The van der Waals surface area contributed by atoms with E-state index < -0.39 is 10.0 Å². The Hall–Kier alpha value is -1.43. The van der Waals surface area contributed by atoms with Gasteiger partial charge < -0.3 is 5.11 Å². The molecule has 0 heterocycles. The molecule has 2 N–H and O–H groups in total. The fourth-order valence-electron chi connectivity index (χ4n) is 2.21. The molecule has 0 bridgehead atoms. The molecule has 0 amide bonds. The Kier molecular flexibility index (Phi) is 5.73. The molecule has 114 valence electrons. The van der Waals surface area contributed by atoms with Gasteiger partial charge in [-0.15, -0.1) is 0 Å². The Labute approximate surface area is 125 Å². The van der Waals surface area contributed by atoms with Crippen molar-refractivity contribution >= 4 is 20.8 Å². The highest BCUT2D eigenvalue weighted by atomic mass is 32.2. The van der Waals surface area contributed by atoms with Crippen molar-refractivity contribution in [3.8, 4) is 0 Å². The average molecular weight is 307 g/mol. The van der Waals surface area contributed by atoms with Crippen molar-refractivity contribution in [2.24, 2.45) is 0 Å². The highest BCUT2D eigenvalue weighted by Gasteiger charge is 2.13. The summed E-state index contributed by atoms with van der Waals surface area (Å²) in [6.45, 7) is 0.628. The SMILES string of the molecule is O=S(=O)(NCCCCCCO)c1ccc2ccccc2c1. The number of nitrogens with one attached hydrogen (secondary N) is 1. The number of rotatable bonds is 8. The predicted octanol–water partition coefficient (Wildman–Crippen LogP) is 2.67. The molecule has 4 nitrogen and oxygen atoms in total. The molecular weight excluding hydrogens is 286 g/mol. The number of benzene rings is 2. The third-order valence-corrected chi connectivity index (χ3v) is 4.87. The summed E-state index contributed by atoms with van der Waals surface area (Å²) in [5.74, 6) is 0. The summed E-state index contributed by atoms with van der Waals surface area (Å²) in [5, 5.41) is 10.6. The van der Waals surface area contributed by atoms with E-state index in [1.807, 2.05) is 30.3 Å². The molecule has 0 aromatic heterocycles. The molecule has 0 aliphatic heterocycles. The van der Waals surface area contributed by atoms with E-state index in [4.69, 9.17) is 5.11 Å². The highest BCUT2D eigenvalue weighted by molar-refractivity contribution is 7.89. The van der Waals surface area contributed by atoms with E-state index in [0.717, 1.165) is 36.5 Å². The lowest BCUT2D eigenvalue weighted by molar-refractivity contribution is 0.282. The van der Waals surface area contributed by atoms with Crippen LogP contribution in [0.25, 0.3) is 10.8 Å². The first kappa shape index (κ1) is 15.9. The van der Waals surface area contributed by atoms with Gasteiger partial charge in [0, 0.05) is 13.2 Å². The third-order valence-electron chi connectivity index (χ3n) is 3.41. The van der Waals surface area contributed by atoms with Crippen molar-refractivity contribution in [1.82, 2.24) is 4.72 Å². The molecule has 2 aromatic carbocycles. The van der Waals surface area contributed by atoms with Crippen LogP contribution >= 0.6 is 0 Å². The van der Waals surface area contributed by atoms with Crippen molar-refractivity contribution in [2.75, 3.05) is 13.2 Å². The van der Waals surface area contributed by atoms with Crippen LogP contribution in [0.2, 0.25) is 0 Å². The lowest BCUT2D eigenvalue weighted by Gasteiger charge is -2.07. The molecule has 2 rings (SSSR count). The standard InChI is InChI=1S/C16H21NO3S/c18-12-6-2-1-5-11-17-21(19,20)16-10-9-14-7-3-4-8-15(14)13-16/h3-4,7-10,13,17-18H,1-2,5-6,11-12H2. The summed E-state index contributed by atoms with van der Waals surface area (Å²) in [5.41, 5.74) is 0. The first-order valence-electron chi connectivity index (χ1n) is 7.23. The fourth-order valence-corrected chi connectivity index (χ4v) is 3.32. The molecule has 0 aliphatic carbocycles. The maximum atomic E-state index is 12.2. The van der Waals surface area contributed by atoms with Crippen LogP contribution in [0.1, 0.15) is 25.7 Å². The zero-order valence-electron chi connectivity index (χ0n) is 12.0. The summed E-state index contributed by atoms with van der Waals surface area (Å²) in [6, 6.07) is 12.9. The predicted molar refractivity (Wildman–Crippen MR) is 84.7 cm³/mol. The van der Waals surface area contributed by atoms with E-state index in [0.29, 0.717) is 11.4 Å². The van der Waals surface area contributed by atoms with Gasteiger partial charge in [0.1, 0.15) is 0 Å². The molecule has 5 heteroatoms. The third kappa shape index (κ3) is 4.52. The maximum absolute atomic E-state index is 12.2. The second kappa shape index (κ2) is 7.54. The van der Waals surface area contributed by atoms with Gasteiger partial charge in [-0.05, 0) is 35.7 Å². The van der Waals surface area contributed by atoms with E-state index in [1.54, 1.807) is 12.1 Å². The summed E-state index contributed by atoms with van der Waals surface area (Å²) >= 11 is 0. The number of sulfonamides is 1. The number of aliphatic hydroxyl groups is 1. The van der Waals surface area contributed by atoms with Crippen LogP contribution in [0.15, 0.2) is 47.4 Å². The van der Waals surface area contributed by atoms with E-state index in [9.17, 15) is 8.42 Å². The quantitative estimate of drug-likeness (QED) is 0.737. The van der Waals surface area contributed by atoms with Gasteiger partial charge in [-0.1, -0.05) is 43.2 Å². The van der Waals surface area contributed by atoms with Crippen LogP contribution in [0.5, 0.6) is 0 Å². The molecule has 0 saturated carbocycles. The number of aliphatic hydroxyl groups excluding tert-OH is 1. The monoisotopic (exact) mass is 307 g/mol. The van der Waals surface area contributed by atoms with Gasteiger partial charge in [-0.3, -0.25) is 0 Å². The highest BCUT2D eigenvalue weighted by Crippen LogP contribution is 2.18. The van der Waals surface area contributed by atoms with Crippen molar-refractivity contribution in [3.63, 3.8) is 0 Å². The Morgan fingerprint density at radius 3 is 2.38 bits per heavy atom. The van der Waals surface area contributed by atoms with Crippen molar-refractivity contribution < 1.29 is 13.5 Å². The van der Waals surface area contributed by atoms with Gasteiger partial charge in [0.25, 0.3) is 0 Å². The minimum atomic E-state index is -3.44. The molecule has 0 unspecified atom stereocenters. The molecule has 2 aromatic rings. The van der Waals surface area contributed by atoms with E-state index in [1.165, 1.54) is 0 Å². The molecule has 0 radical (unpaired) electrons. The summed E-state index contributed by atoms with van der Waals surface area (Å²) in [7, 11) is -3.44. The lowest BCUT2D eigenvalue weighted by atomic mass is 10.1. The molecule has 0 fully saturated rings. The summed E-state index contributed by atoms with van der Waals surface area (Å²) in [6.07, 6.45) is 3.40. The second-order valence-electron chi connectivity index (χ2n) is 5.04. The van der Waals surface area contributed by atoms with E-state index >= 15 is 0 Å². The Bertz CT molecular complexity index is 683. The zero-order valence-corrected chi connectivity index (χ0v) is 12.8. The Morgan fingerprint density at radius 1 is 0.905 bits per heavy atom. The van der Waals surface area contributed by atoms with Crippen molar-refractivity contribution in [2.45, 2.75) is 30.6 Å². The molecule has 0 aliphatic rings. The maximum Gasteiger partial charge on any atom is 0.240 e. The fraction of sp³-hybridized carbons (Fsp3) is 0.375. The van der Waals surface area contributed by atoms with Gasteiger partial charge in [-0.2, -0.15) is 0 Å². The topological polar surface area (TPSA) is 66.4 Å². The molecule has 0 atom stereocenters. The molecule has 21 heavy (non-hydrogen) atoms. The van der Waals surface area contributed by atoms with E-state index in [-0.39, 0.29) is 6.61 Å². The molecule has 0 saturated heterocycles. The normalized spacial score (nSPS) is 11.9. The van der Waals surface area contributed by atoms with Crippen molar-refractivity contribution in [3.05, 3.63) is 42.5 Å². The Morgan fingerprint density at radius 2 is 1.62 bits per heavy atom. The van der Waals surface area contributed by atoms with Gasteiger partial charge in [0.15, 0.2) is 0 Å². The number of hydrogen-bond acceptors (Lipinski definition) is 3.